The molecule has 2 aliphatic heterocycles. The Balaban J connectivity index is 1.96. The van der Waals surface area contributed by atoms with Gasteiger partial charge in [0.1, 0.15) is 0 Å². The Hall–Kier alpha value is -1.93. The summed E-state index contributed by atoms with van der Waals surface area (Å²) >= 11 is 4.70. The van der Waals surface area contributed by atoms with Crippen molar-refractivity contribution in [3.05, 3.63) is 40.9 Å². The summed E-state index contributed by atoms with van der Waals surface area (Å²) in [6.45, 7) is 5.83. The maximum atomic E-state index is 12.1. The summed E-state index contributed by atoms with van der Waals surface area (Å²) in [7, 11) is 0. The Morgan fingerprint density at radius 3 is 2.96 bits per heavy atom. The van der Waals surface area contributed by atoms with Gasteiger partial charge in [-0.1, -0.05) is 33.8 Å². The Morgan fingerprint density at radius 2 is 2.22 bits per heavy atom. The predicted molar refractivity (Wildman–Crippen MR) is 95.7 cm³/mol. The summed E-state index contributed by atoms with van der Waals surface area (Å²) in [5.41, 5.74) is 1.62. The molecule has 23 heavy (non-hydrogen) atoms. The Kier molecular flexibility index (Phi) is 4.36. The second-order valence-electron chi connectivity index (χ2n) is 4.97. The molecule has 8 heteroatoms. The van der Waals surface area contributed by atoms with Crippen molar-refractivity contribution in [3.8, 4) is 0 Å². The highest BCUT2D eigenvalue weighted by Gasteiger charge is 2.34. The van der Waals surface area contributed by atoms with Gasteiger partial charge in [0, 0.05) is 16.6 Å². The molecule has 2 aliphatic rings. The fourth-order valence-electron chi connectivity index (χ4n) is 2.28. The van der Waals surface area contributed by atoms with Crippen molar-refractivity contribution in [1.82, 2.24) is 4.90 Å². The molecule has 0 spiro atoms. The van der Waals surface area contributed by atoms with Crippen LogP contribution in [0.15, 0.2) is 45.5 Å². The molecular formula is C15H13BrN4O2S. The second-order valence-corrected chi connectivity index (χ2v) is 7.20. The number of thioether (sulfide) groups is 1. The number of hydrogen-bond acceptors (Lipinski definition) is 5. The summed E-state index contributed by atoms with van der Waals surface area (Å²) in [5, 5.41) is 11.2. The fourth-order valence-corrected chi connectivity index (χ4v) is 3.56. The lowest BCUT2D eigenvalue weighted by molar-refractivity contribution is -0.125. The quantitative estimate of drug-likeness (QED) is 0.634. The van der Waals surface area contributed by atoms with E-state index in [9.17, 15) is 9.59 Å². The van der Waals surface area contributed by atoms with Gasteiger partial charge < -0.3 is 5.32 Å². The maximum Gasteiger partial charge on any atom is 0.276 e. The third-order valence-electron chi connectivity index (χ3n) is 3.37. The number of fused-ring (bicyclic) bond motifs is 1. The molecule has 1 fully saturated rings. The van der Waals surface area contributed by atoms with E-state index < -0.39 is 0 Å². The van der Waals surface area contributed by atoms with E-state index in [-0.39, 0.29) is 22.8 Å². The van der Waals surface area contributed by atoms with Crippen LogP contribution in [0, 0.1) is 0 Å². The van der Waals surface area contributed by atoms with E-state index in [1.165, 1.54) is 16.7 Å². The number of halogens is 1. The van der Waals surface area contributed by atoms with Crippen molar-refractivity contribution in [2.75, 3.05) is 11.9 Å². The first-order valence-corrected chi connectivity index (χ1v) is 8.54. The van der Waals surface area contributed by atoms with Crippen LogP contribution in [0.4, 0.5) is 5.69 Å². The maximum absolute atomic E-state index is 12.1. The molecule has 0 aliphatic carbocycles. The molecule has 1 unspecified atom stereocenters. The van der Waals surface area contributed by atoms with Crippen molar-refractivity contribution in [3.63, 3.8) is 0 Å². The van der Waals surface area contributed by atoms with Gasteiger partial charge in [-0.3, -0.25) is 14.5 Å². The second kappa shape index (κ2) is 6.29. The molecule has 1 aromatic carbocycles. The van der Waals surface area contributed by atoms with Crippen LogP contribution in [0.5, 0.6) is 0 Å². The van der Waals surface area contributed by atoms with Crippen LogP contribution in [0.2, 0.25) is 0 Å². The zero-order valence-corrected chi connectivity index (χ0v) is 14.6. The molecule has 0 bridgehead atoms. The molecule has 1 atom stereocenters. The normalized spacial score (nSPS) is 23.6. The van der Waals surface area contributed by atoms with E-state index in [2.05, 4.69) is 38.0 Å². The molecule has 1 aromatic rings. The van der Waals surface area contributed by atoms with E-state index in [0.29, 0.717) is 23.0 Å². The van der Waals surface area contributed by atoms with Crippen LogP contribution >= 0.6 is 27.7 Å². The van der Waals surface area contributed by atoms with Crippen LogP contribution in [-0.4, -0.2) is 39.4 Å². The molecular weight excluding hydrogens is 380 g/mol. The summed E-state index contributed by atoms with van der Waals surface area (Å²) < 4.78 is 0.848. The zero-order valence-electron chi connectivity index (χ0n) is 12.2. The van der Waals surface area contributed by atoms with Crippen LogP contribution < -0.4 is 5.32 Å². The summed E-state index contributed by atoms with van der Waals surface area (Å²) in [4.78, 5) is 25.6. The number of nitrogens with zero attached hydrogens (tertiary/aromatic N) is 3. The van der Waals surface area contributed by atoms with Gasteiger partial charge in [0.05, 0.1) is 10.9 Å². The van der Waals surface area contributed by atoms with Crippen molar-refractivity contribution in [1.29, 1.82) is 0 Å². The number of carbonyl (C=O) groups excluding carboxylic acids is 2. The minimum Gasteiger partial charge on any atom is -0.320 e. The number of amides is 2. The monoisotopic (exact) mass is 392 g/mol. The van der Waals surface area contributed by atoms with Crippen LogP contribution in [0.3, 0.4) is 0 Å². The van der Waals surface area contributed by atoms with Crippen LogP contribution in [0.25, 0.3) is 0 Å². The molecule has 1 N–H and O–H groups in total. The summed E-state index contributed by atoms with van der Waals surface area (Å²) in [6.07, 6.45) is 1.63. The highest BCUT2D eigenvalue weighted by molar-refractivity contribution is 9.10. The van der Waals surface area contributed by atoms with Gasteiger partial charge in [0.25, 0.3) is 5.91 Å². The first-order chi connectivity index (χ1) is 11.0. The number of amidine groups is 1. The summed E-state index contributed by atoms with van der Waals surface area (Å²) in [5.74, 6) is -0.340. The molecule has 3 rings (SSSR count). The number of anilines is 1. The number of nitrogens with one attached hydrogen (secondary N) is 1. The van der Waals surface area contributed by atoms with Crippen molar-refractivity contribution < 1.29 is 9.59 Å². The topological polar surface area (TPSA) is 74.1 Å². The lowest BCUT2D eigenvalue weighted by Gasteiger charge is -2.11. The molecule has 2 amide bonds. The molecule has 1 saturated heterocycles. The van der Waals surface area contributed by atoms with Crippen molar-refractivity contribution >= 4 is 56.1 Å². The van der Waals surface area contributed by atoms with E-state index >= 15 is 0 Å². The van der Waals surface area contributed by atoms with E-state index in [0.717, 1.165) is 4.47 Å². The third-order valence-corrected chi connectivity index (χ3v) is 4.94. The third kappa shape index (κ3) is 2.96. The lowest BCUT2D eigenvalue weighted by Crippen LogP contribution is -2.31. The van der Waals surface area contributed by atoms with Crippen LogP contribution in [-0.2, 0) is 9.59 Å². The van der Waals surface area contributed by atoms with Gasteiger partial charge in [-0.05, 0) is 25.1 Å². The molecule has 0 radical (unpaired) electrons. The minimum absolute atomic E-state index is 0.0344. The van der Waals surface area contributed by atoms with E-state index in [1.54, 1.807) is 12.1 Å². The molecule has 0 aromatic heterocycles. The van der Waals surface area contributed by atoms with Gasteiger partial charge in [-0.15, -0.1) is 16.8 Å². The molecule has 6 nitrogen and oxygen atoms in total. The number of benzene rings is 1. The minimum atomic E-state index is -0.305. The van der Waals surface area contributed by atoms with Crippen molar-refractivity contribution in [2.24, 2.45) is 10.2 Å². The fraction of sp³-hybridized carbons (Fsp3) is 0.200. The zero-order chi connectivity index (χ0) is 16.6. The van der Waals surface area contributed by atoms with Gasteiger partial charge in [0.15, 0.2) is 10.9 Å². The average molecular weight is 393 g/mol. The molecule has 0 saturated carbocycles. The summed E-state index contributed by atoms with van der Waals surface area (Å²) in [6, 6.07) is 5.45. The van der Waals surface area contributed by atoms with E-state index in [4.69, 9.17) is 0 Å². The number of rotatable bonds is 3. The molecule has 118 valence electrons. The number of hydrogen-bond donors (Lipinski definition) is 1. The Morgan fingerprint density at radius 1 is 1.43 bits per heavy atom. The number of carbonyl (C=O) groups is 2. The van der Waals surface area contributed by atoms with Gasteiger partial charge in [-0.2, -0.15) is 0 Å². The standard InChI is InChI=1S/C15H13BrN4O2S/c1-3-6-20-14(22)8(2)23-15(20)19-18-12-10-7-9(16)4-5-11(10)17-13(12)21/h3-5,7-8H,1,6H2,2H3,(H,17,18,21). The predicted octanol–water partition coefficient (Wildman–Crippen LogP) is 2.61. The first kappa shape index (κ1) is 15.9. The Labute approximate surface area is 145 Å². The highest BCUT2D eigenvalue weighted by Crippen LogP contribution is 2.29. The Bertz CT molecular complexity index is 775. The largest absolute Gasteiger partial charge is 0.320 e. The highest BCUT2D eigenvalue weighted by atomic mass is 79.9. The smallest absolute Gasteiger partial charge is 0.276 e. The molecule has 2 heterocycles. The van der Waals surface area contributed by atoms with Gasteiger partial charge in [-0.25, -0.2) is 0 Å². The first-order valence-electron chi connectivity index (χ1n) is 6.87. The SMILES string of the molecule is C=CCN1C(=O)C(C)SC1=NN=C1C(=O)Nc2ccc(Br)cc21. The lowest BCUT2D eigenvalue weighted by atomic mass is 10.1. The van der Waals surface area contributed by atoms with Crippen LogP contribution in [0.1, 0.15) is 12.5 Å². The van der Waals surface area contributed by atoms with Gasteiger partial charge >= 0.3 is 0 Å². The van der Waals surface area contributed by atoms with Crippen molar-refractivity contribution in [2.45, 2.75) is 12.2 Å². The van der Waals surface area contributed by atoms with Gasteiger partial charge in [0.2, 0.25) is 5.91 Å². The average Bonchev–Trinajstić information content (AvgIpc) is 2.96. The van der Waals surface area contributed by atoms with E-state index in [1.807, 2.05) is 19.1 Å².